The lowest BCUT2D eigenvalue weighted by molar-refractivity contribution is -0.143. The highest BCUT2D eigenvalue weighted by atomic mass is 16.4. The van der Waals surface area contributed by atoms with Crippen LogP contribution in [0.4, 0.5) is 0 Å². The average Bonchev–Trinajstić information content (AvgIpc) is 3.34. The Morgan fingerprint density at radius 2 is 0.838 bits per heavy atom. The van der Waals surface area contributed by atoms with Crippen LogP contribution in [-0.2, 0) is 71.9 Å². The van der Waals surface area contributed by atoms with Gasteiger partial charge in [0.2, 0.25) is 65.0 Å². The number of hydrogen-bond donors (Lipinski definition) is 18. The number of carboxylic acid groups (broad SMARTS) is 4. The summed E-state index contributed by atoms with van der Waals surface area (Å²) in [5.74, 6) is -19.8. The molecule has 0 spiro atoms. The van der Waals surface area contributed by atoms with E-state index in [-0.39, 0.29) is 38.1 Å². The fraction of sp³-hybridized carbons (Fsp3) is 0.681. The number of carbonyl (C=O) groups is 15. The van der Waals surface area contributed by atoms with Crippen molar-refractivity contribution in [3.8, 4) is 0 Å². The third-order valence-corrected chi connectivity index (χ3v) is 11.9. The zero-order valence-electron chi connectivity index (χ0n) is 45.4. The minimum atomic E-state index is -2.10. The van der Waals surface area contributed by atoms with Crippen LogP contribution in [0.15, 0.2) is 0 Å². The zero-order valence-corrected chi connectivity index (χ0v) is 45.4. The molecule has 12 atom stereocenters. The summed E-state index contributed by atoms with van der Waals surface area (Å²) in [6.45, 7) is 8.88. The first-order valence-electron chi connectivity index (χ1n) is 25.5. The van der Waals surface area contributed by atoms with Crippen molar-refractivity contribution in [2.75, 3.05) is 6.54 Å². The lowest BCUT2D eigenvalue weighted by atomic mass is 9.97. The van der Waals surface area contributed by atoms with Crippen LogP contribution in [0, 0.1) is 11.8 Å². The topological polar surface area (TPSA) is 570 Å². The minimum absolute atomic E-state index is 0.0343. The van der Waals surface area contributed by atoms with E-state index in [0.29, 0.717) is 6.42 Å². The van der Waals surface area contributed by atoms with Crippen molar-refractivity contribution in [2.45, 2.75) is 185 Å². The second-order valence-electron chi connectivity index (χ2n) is 19.4. The Balaban J connectivity index is 6.67. The molecular formula is C47H79N13O20. The molecule has 0 aliphatic rings. The standard InChI is InChI=1S/C47H79N13O20/c1-7-21(4)36(45(77)52-22(5)38(70)53-26(11-13-33(64)65)41(73)54-25(10-8-9-15-48)40(72)58-30(47(79)80)16-20(2)3)59-44(76)29(19-35(68)69)56-42(74)27(12-14-34(66)67)55-43(75)28(18-32(51)63)57-46(78)37(23(6)61)60-39(71)24(49)17-31(50)62/h20-30,36-37,61H,7-19,48-49H2,1-6H3,(H2,50,62)(H2,51,63)(H,52,77)(H,53,70)(H,54,73)(H,55,75)(H,56,74)(H,57,78)(H,58,72)(H,59,76)(H,60,71)(H,64,65)(H,66,67)(H,68,69)(H,79,80)/t21-,22-,23+,24-,25-,26-,27-,28-,29-,30-,36-,37-/m0/s1. The number of aliphatic hydroxyl groups excluding tert-OH is 1. The number of hydrogen-bond acceptors (Lipinski definition) is 18. The predicted molar refractivity (Wildman–Crippen MR) is 276 cm³/mol. The Kier molecular flexibility index (Phi) is 32.5. The van der Waals surface area contributed by atoms with Gasteiger partial charge in [-0.1, -0.05) is 34.1 Å². The monoisotopic (exact) mass is 1150 g/mol. The third kappa shape index (κ3) is 28.0. The van der Waals surface area contributed by atoms with E-state index in [9.17, 15) is 97.5 Å². The Bertz CT molecular complexity index is 2230. The van der Waals surface area contributed by atoms with Crippen molar-refractivity contribution in [2.24, 2.45) is 34.8 Å². The molecule has 0 rings (SSSR count). The largest absolute Gasteiger partial charge is 0.481 e. The molecule has 0 saturated heterocycles. The lowest BCUT2D eigenvalue weighted by Gasteiger charge is -2.29. The van der Waals surface area contributed by atoms with Gasteiger partial charge in [0.1, 0.15) is 54.4 Å². The van der Waals surface area contributed by atoms with Gasteiger partial charge in [0.05, 0.1) is 31.4 Å². The van der Waals surface area contributed by atoms with Crippen LogP contribution >= 0.6 is 0 Å². The van der Waals surface area contributed by atoms with Gasteiger partial charge in [-0.2, -0.15) is 0 Å². The van der Waals surface area contributed by atoms with E-state index in [4.69, 9.17) is 22.9 Å². The van der Waals surface area contributed by atoms with Crippen LogP contribution in [0.2, 0.25) is 0 Å². The molecule has 0 aliphatic heterocycles. The fourth-order valence-corrected chi connectivity index (χ4v) is 7.27. The number of aliphatic carboxylic acids is 4. The summed E-state index contributed by atoms with van der Waals surface area (Å²) >= 11 is 0. The van der Waals surface area contributed by atoms with Gasteiger partial charge in [-0.05, 0) is 70.8 Å². The van der Waals surface area contributed by atoms with Crippen LogP contribution in [0.1, 0.15) is 119 Å². The second kappa shape index (κ2) is 36.2. The molecule has 0 aromatic carbocycles. The molecular weight excluding hydrogens is 1070 g/mol. The van der Waals surface area contributed by atoms with E-state index in [2.05, 4.69) is 42.5 Å². The van der Waals surface area contributed by atoms with Crippen LogP contribution in [0.5, 0.6) is 0 Å². The lowest BCUT2D eigenvalue weighted by Crippen LogP contribution is -2.62. The van der Waals surface area contributed by atoms with Crippen LogP contribution in [0.3, 0.4) is 0 Å². The molecule has 22 N–H and O–H groups in total. The minimum Gasteiger partial charge on any atom is -0.481 e. The molecule has 0 radical (unpaired) electrons. The molecule has 0 aromatic rings. The molecule has 0 bridgehead atoms. The number of rotatable bonds is 40. The van der Waals surface area contributed by atoms with E-state index in [1.807, 2.05) is 5.32 Å². The molecule has 0 unspecified atom stereocenters. The number of primary amides is 2. The summed E-state index contributed by atoms with van der Waals surface area (Å²) in [6, 6.07) is -17.1. The van der Waals surface area contributed by atoms with Gasteiger partial charge >= 0.3 is 23.9 Å². The van der Waals surface area contributed by atoms with E-state index in [1.165, 1.54) is 6.92 Å². The Morgan fingerprint density at radius 1 is 0.438 bits per heavy atom. The number of amides is 11. The van der Waals surface area contributed by atoms with E-state index < -0.39 is 206 Å². The van der Waals surface area contributed by atoms with Gasteiger partial charge < -0.3 is 96.3 Å². The SMILES string of the molecule is CC[C@H](C)[C@H](NC(=O)[C@H](CC(=O)O)NC(=O)[C@H](CCC(=O)O)NC(=O)[C@H](CC(N)=O)NC(=O)[C@@H](NC(=O)[C@@H](N)CC(N)=O)[C@@H](C)O)C(=O)N[C@@H](C)C(=O)N[C@@H](CCC(=O)O)C(=O)N[C@@H](CCCCN)C(=O)N[C@@H](CC(C)C)C(=O)O. The van der Waals surface area contributed by atoms with E-state index in [1.54, 1.807) is 20.8 Å². The van der Waals surface area contributed by atoms with Crippen molar-refractivity contribution in [1.29, 1.82) is 0 Å². The first-order chi connectivity index (χ1) is 37.1. The molecule has 0 aliphatic carbocycles. The van der Waals surface area contributed by atoms with Crippen LogP contribution < -0.4 is 70.8 Å². The number of aliphatic hydroxyl groups is 1. The van der Waals surface area contributed by atoms with Crippen molar-refractivity contribution < 1.29 is 97.5 Å². The number of nitrogens with two attached hydrogens (primary N) is 4. The summed E-state index contributed by atoms with van der Waals surface area (Å²) in [5.41, 5.74) is 21.5. The summed E-state index contributed by atoms with van der Waals surface area (Å²) in [7, 11) is 0. The first-order valence-corrected chi connectivity index (χ1v) is 25.5. The maximum absolute atomic E-state index is 13.9. The quantitative estimate of drug-likeness (QED) is 0.0254. The maximum atomic E-state index is 13.9. The normalized spacial score (nSPS) is 15.5. The molecule has 33 heteroatoms. The number of nitrogens with one attached hydrogen (secondary N) is 9. The molecule has 80 heavy (non-hydrogen) atoms. The van der Waals surface area contributed by atoms with Gasteiger partial charge in [-0.15, -0.1) is 0 Å². The summed E-state index contributed by atoms with van der Waals surface area (Å²) in [6.07, 6.45) is -6.63. The zero-order chi connectivity index (χ0) is 61.7. The average molecular weight is 1150 g/mol. The highest BCUT2D eigenvalue weighted by Gasteiger charge is 2.38. The molecule has 452 valence electrons. The molecule has 0 saturated carbocycles. The molecule has 11 amide bonds. The highest BCUT2D eigenvalue weighted by Crippen LogP contribution is 2.13. The number of carbonyl (C=O) groups excluding carboxylic acids is 11. The molecule has 0 fully saturated rings. The van der Waals surface area contributed by atoms with Crippen molar-refractivity contribution in [1.82, 2.24) is 47.9 Å². The van der Waals surface area contributed by atoms with Gasteiger partial charge in [0.25, 0.3) is 0 Å². The maximum Gasteiger partial charge on any atom is 0.326 e. The smallest absolute Gasteiger partial charge is 0.326 e. The predicted octanol–water partition coefficient (Wildman–Crippen LogP) is -6.66. The summed E-state index contributed by atoms with van der Waals surface area (Å²) in [4.78, 5) is 192. The highest BCUT2D eigenvalue weighted by molar-refractivity contribution is 6.00. The van der Waals surface area contributed by atoms with Gasteiger partial charge in [-0.25, -0.2) is 4.79 Å². The fourth-order valence-electron chi connectivity index (χ4n) is 7.27. The van der Waals surface area contributed by atoms with E-state index >= 15 is 0 Å². The molecule has 0 heterocycles. The number of unbranched alkanes of at least 4 members (excludes halogenated alkanes) is 1. The van der Waals surface area contributed by atoms with Gasteiger partial charge in [0, 0.05) is 12.8 Å². The van der Waals surface area contributed by atoms with Crippen molar-refractivity contribution >= 4 is 88.9 Å². The van der Waals surface area contributed by atoms with Crippen molar-refractivity contribution in [3.63, 3.8) is 0 Å². The van der Waals surface area contributed by atoms with Gasteiger partial charge in [-0.3, -0.25) is 67.1 Å². The Morgan fingerprint density at radius 3 is 1.26 bits per heavy atom. The summed E-state index contributed by atoms with van der Waals surface area (Å²) in [5, 5.41) is 68.6. The molecule has 0 aromatic heterocycles. The third-order valence-electron chi connectivity index (χ3n) is 11.9. The van der Waals surface area contributed by atoms with Gasteiger partial charge in [0.15, 0.2) is 0 Å². The molecule has 33 nitrogen and oxygen atoms in total. The summed E-state index contributed by atoms with van der Waals surface area (Å²) < 4.78 is 0. The van der Waals surface area contributed by atoms with Crippen LogP contribution in [0.25, 0.3) is 0 Å². The number of carboxylic acids is 4. The Labute approximate surface area is 459 Å². The van der Waals surface area contributed by atoms with Crippen LogP contribution in [-0.4, -0.2) is 187 Å². The van der Waals surface area contributed by atoms with Crippen molar-refractivity contribution in [3.05, 3.63) is 0 Å². The van der Waals surface area contributed by atoms with E-state index in [0.717, 1.165) is 13.8 Å². The first kappa shape index (κ1) is 71.9. The Hall–Kier alpha value is -8.07. The second-order valence-corrected chi connectivity index (χ2v) is 19.4.